The molecule has 0 N–H and O–H groups in total. The molecule has 0 unspecified atom stereocenters. The van der Waals surface area contributed by atoms with Crippen LogP contribution in [0.25, 0.3) is 0 Å². The summed E-state index contributed by atoms with van der Waals surface area (Å²) in [6.45, 7) is 4.67. The van der Waals surface area contributed by atoms with Gasteiger partial charge in [-0.05, 0) is 25.7 Å². The van der Waals surface area contributed by atoms with Crippen LogP contribution in [0.3, 0.4) is 0 Å². The Balaban J connectivity index is -0.0000000144. The van der Waals surface area contributed by atoms with E-state index in [1.54, 1.807) is 0 Å². The topological polar surface area (TPSA) is 757 Å². The number of hydrogen-bond donors (Lipinski definition) is 0. The fourth-order valence-corrected chi connectivity index (χ4v) is 6.34. The monoisotopic (exact) mass is 1850 g/mol. The molecule has 0 aromatic carbocycles. The molecular formula is C44H68Mo8N4O26-48. The first-order valence-electron chi connectivity index (χ1n) is 19.7. The summed E-state index contributed by atoms with van der Waals surface area (Å²) in [5.41, 5.74) is 0. The molecule has 4 aromatic heterocycles. The summed E-state index contributed by atoms with van der Waals surface area (Å²) in [4.78, 5) is 0. The number of aryl methyl sites for hydroxylation is 4. The summed E-state index contributed by atoms with van der Waals surface area (Å²) in [7, 11) is 0. The van der Waals surface area contributed by atoms with Crippen LogP contribution in [0.15, 0.2) is 122 Å². The number of unbranched alkanes of at least 4 members (excludes halogenated alkanes) is 18. The molecule has 0 amide bonds. The predicted molar refractivity (Wildman–Crippen MR) is 217 cm³/mol. The Hall–Kier alpha value is 1.07. The van der Waals surface area contributed by atoms with Gasteiger partial charge in [-0.1, -0.05) is 101 Å². The van der Waals surface area contributed by atoms with Gasteiger partial charge in [0.2, 0.25) is 0 Å². The Bertz CT molecular complexity index is 1130. The molecule has 0 atom stereocenters. The molecule has 0 spiro atoms. The summed E-state index contributed by atoms with van der Waals surface area (Å²) in [5.74, 6) is 0. The second-order valence-corrected chi connectivity index (χ2v) is 13.5. The smallest absolute Gasteiger partial charge is 0.168 e. The molecule has 0 radical (unpaired) electrons. The van der Waals surface area contributed by atoms with Gasteiger partial charge in [-0.2, -0.15) is 0 Å². The quantitative estimate of drug-likeness (QED) is 0.0364. The van der Waals surface area contributed by atoms with E-state index in [9.17, 15) is 0 Å². The Morgan fingerprint density at radius 1 is 0.122 bits per heavy atom. The van der Waals surface area contributed by atoms with Crippen molar-refractivity contribution in [3.8, 4) is 0 Å². The zero-order valence-electron chi connectivity index (χ0n) is 44.2. The molecule has 0 bridgehead atoms. The SMILES string of the molecule is [Mo].[Mo].[Mo].[Mo].[Mo].[Mo].[Mo].[Mo].[O-2].[O-2].[O-2].[O-2].[O-2].[O-2].[O-2].[O-2].[O-2].[O-2].[O-2].[O-2].[O-2].[O-2].[O-2].[O-2].[O-2].[O-2].[O-2].[O-2].[O-2].[O-2].[O-2].[O-2].[O-2].[O-2].c1cc[n+](CCCCCCCCCCCC[n+]2ccccc2)cc1.c1cc[n+](CCCCCCCCCCCC[n+]2ccccc2)cc1. The van der Waals surface area contributed by atoms with Crippen LogP contribution in [0.4, 0.5) is 0 Å². The molecule has 82 heavy (non-hydrogen) atoms. The maximum atomic E-state index is 2.29. The molecule has 0 saturated heterocycles. The fourth-order valence-electron chi connectivity index (χ4n) is 6.34. The van der Waals surface area contributed by atoms with Crippen molar-refractivity contribution in [2.75, 3.05) is 0 Å². The number of rotatable bonds is 26. The summed E-state index contributed by atoms with van der Waals surface area (Å²) >= 11 is 0. The number of pyridine rings is 4. The van der Waals surface area contributed by atoms with Crippen LogP contribution in [-0.2, 0) is 337 Å². The third-order valence-electron chi connectivity index (χ3n) is 9.27. The number of nitrogens with zero attached hydrogens (tertiary/aromatic N) is 4. The van der Waals surface area contributed by atoms with E-state index in [1.165, 1.54) is 155 Å². The van der Waals surface area contributed by atoms with Gasteiger partial charge in [0.25, 0.3) is 0 Å². The van der Waals surface area contributed by atoms with Crippen LogP contribution in [0.1, 0.15) is 128 Å². The third-order valence-corrected chi connectivity index (χ3v) is 9.27. The number of hydrogen-bond acceptors (Lipinski definition) is 0. The molecule has 0 saturated carbocycles. The molecule has 0 aliphatic heterocycles. The minimum atomic E-state index is 0. The first kappa shape index (κ1) is 215. The van der Waals surface area contributed by atoms with E-state index in [0.717, 1.165) is 0 Å². The van der Waals surface area contributed by atoms with E-state index in [-0.39, 0.29) is 311 Å². The van der Waals surface area contributed by atoms with E-state index in [0.29, 0.717) is 0 Å². The molecule has 38 heteroatoms. The van der Waals surface area contributed by atoms with Gasteiger partial charge < -0.3 is 142 Å². The summed E-state index contributed by atoms with van der Waals surface area (Å²) in [5, 5.41) is 0. The van der Waals surface area contributed by atoms with Crippen LogP contribution in [0, 0.1) is 0 Å². The average Bonchev–Trinajstić information content (AvgIpc) is 3.14. The molecular weight excluding hydrogens is 1770 g/mol. The Morgan fingerprint density at radius 3 is 0.305 bits per heavy atom. The zero-order valence-corrected chi connectivity index (χ0v) is 60.2. The minimum Gasteiger partial charge on any atom is -2.00 e. The Kier molecular flexibility index (Phi) is 433. The van der Waals surface area contributed by atoms with Gasteiger partial charge in [0.15, 0.2) is 49.6 Å². The largest absolute Gasteiger partial charge is 2.00 e. The van der Waals surface area contributed by atoms with Crippen molar-refractivity contribution in [1.29, 1.82) is 0 Å². The fraction of sp³-hybridized carbons (Fsp3) is 0.545. The first-order valence-corrected chi connectivity index (χ1v) is 19.7. The second-order valence-electron chi connectivity index (χ2n) is 13.5. The molecule has 516 valence electrons. The van der Waals surface area contributed by atoms with Gasteiger partial charge in [0, 0.05) is 243 Å². The molecule has 30 nitrogen and oxygen atoms in total. The van der Waals surface area contributed by atoms with Crippen LogP contribution in [0.5, 0.6) is 0 Å². The molecule has 4 aromatic rings. The van der Waals surface area contributed by atoms with Crippen molar-refractivity contribution in [2.24, 2.45) is 0 Å². The molecule has 0 aliphatic carbocycles. The van der Waals surface area contributed by atoms with Gasteiger partial charge in [0.1, 0.15) is 26.2 Å². The van der Waals surface area contributed by atoms with Crippen LogP contribution in [0.2, 0.25) is 0 Å². The van der Waals surface area contributed by atoms with Gasteiger partial charge in [-0.25, -0.2) is 18.3 Å². The normalized spacial score (nSPS) is 6.34. The second kappa shape index (κ2) is 166. The van der Waals surface area contributed by atoms with Crippen LogP contribution >= 0.6 is 0 Å². The van der Waals surface area contributed by atoms with Gasteiger partial charge in [-0.3, -0.25) is 0 Å². The van der Waals surface area contributed by atoms with E-state index >= 15 is 0 Å². The van der Waals surface area contributed by atoms with E-state index in [4.69, 9.17) is 0 Å². The van der Waals surface area contributed by atoms with Crippen molar-refractivity contribution < 1.29 is 329 Å². The maximum absolute atomic E-state index is 2.29. The first-order chi connectivity index (χ1) is 23.9. The van der Waals surface area contributed by atoms with Gasteiger partial charge in [-0.15, -0.1) is 0 Å². The van der Waals surface area contributed by atoms with Crippen molar-refractivity contribution in [1.82, 2.24) is 0 Å². The van der Waals surface area contributed by atoms with E-state index in [2.05, 4.69) is 141 Å². The molecule has 0 aliphatic rings. The van der Waals surface area contributed by atoms with Crippen molar-refractivity contribution in [3.63, 3.8) is 0 Å². The third kappa shape index (κ3) is 131. The average molecular weight is 1840 g/mol. The van der Waals surface area contributed by atoms with Crippen molar-refractivity contribution in [2.45, 2.75) is 155 Å². The van der Waals surface area contributed by atoms with Crippen molar-refractivity contribution in [3.05, 3.63) is 122 Å². The number of aromatic nitrogens is 4. The summed E-state index contributed by atoms with van der Waals surface area (Å²) in [6.07, 6.45) is 45.0. The summed E-state index contributed by atoms with van der Waals surface area (Å²) < 4.78 is 9.14. The predicted octanol–water partition coefficient (Wildman–Crippen LogP) is 6.62. The van der Waals surface area contributed by atoms with Crippen LogP contribution < -0.4 is 18.3 Å². The van der Waals surface area contributed by atoms with Crippen LogP contribution in [-0.4, -0.2) is 0 Å². The van der Waals surface area contributed by atoms with Gasteiger partial charge >= 0.3 is 0 Å². The standard InChI is InChI=1S/2C22H34N2.8Mo.26O/c2*1(3-5-7-11-17-23-19-13-9-14-20-23)2-4-6-8-12-18-24-21-15-10-16-22-24;;;;;;;;;;;;;;;;;;;;;;;;;;;;;;;;;;/h2*9-10,13-16,19-22H,1-8,11-12,17-18H2;;;;;;;;;;;;;;;;;;;;;;;;;;;;;;;;;;/q2*+2;;;;;;;;;26*-2. The zero-order chi connectivity index (χ0) is 33.4. The maximum Gasteiger partial charge on any atom is 0.168 e. The van der Waals surface area contributed by atoms with Crippen molar-refractivity contribution >= 4 is 0 Å². The Labute approximate surface area is 600 Å². The summed E-state index contributed by atoms with van der Waals surface area (Å²) in [6, 6.07) is 25.2. The molecule has 4 heterocycles. The molecule has 4 rings (SSSR count). The Morgan fingerprint density at radius 2 is 0.207 bits per heavy atom. The van der Waals surface area contributed by atoms with E-state index in [1.807, 2.05) is 0 Å². The van der Waals surface area contributed by atoms with E-state index < -0.39 is 0 Å². The molecule has 0 fully saturated rings. The minimum absolute atomic E-state index is 0. The van der Waals surface area contributed by atoms with Gasteiger partial charge in [0.05, 0.1) is 0 Å².